The van der Waals surface area contributed by atoms with Gasteiger partial charge in [-0.25, -0.2) is 4.39 Å². The number of nitrogens with one attached hydrogen (secondary N) is 1. The molecule has 1 aromatic heterocycles. The highest BCUT2D eigenvalue weighted by atomic mass is 19.1. The third-order valence-electron chi connectivity index (χ3n) is 2.85. The minimum atomic E-state index is -0.295. The average Bonchev–Trinajstić information content (AvgIpc) is 2.75. The lowest BCUT2D eigenvalue weighted by Gasteiger charge is -2.04. The van der Waals surface area contributed by atoms with E-state index >= 15 is 0 Å². The van der Waals surface area contributed by atoms with Crippen LogP contribution in [0.25, 0.3) is 11.1 Å². The predicted octanol–water partition coefficient (Wildman–Crippen LogP) is 2.86. The van der Waals surface area contributed by atoms with E-state index in [1.54, 1.807) is 6.20 Å². The number of aromatic nitrogens is 1. The van der Waals surface area contributed by atoms with Gasteiger partial charge in [-0.15, -0.1) is 0 Å². The summed E-state index contributed by atoms with van der Waals surface area (Å²) in [6.07, 6.45) is 3.94. The van der Waals surface area contributed by atoms with Gasteiger partial charge in [-0.2, -0.15) is 0 Å². The summed E-state index contributed by atoms with van der Waals surface area (Å²) >= 11 is 0. The first kappa shape index (κ1) is 9.33. The Balaban J connectivity index is 2.07. The lowest BCUT2D eigenvalue weighted by molar-refractivity contribution is 0.622. The third-order valence-corrected chi connectivity index (χ3v) is 2.85. The van der Waals surface area contributed by atoms with Crippen LogP contribution in [0.1, 0.15) is 5.56 Å². The van der Waals surface area contributed by atoms with E-state index < -0.39 is 0 Å². The molecule has 1 N–H and O–H groups in total. The van der Waals surface area contributed by atoms with Gasteiger partial charge in [0.05, 0.1) is 6.20 Å². The van der Waals surface area contributed by atoms with Gasteiger partial charge in [-0.1, -0.05) is 6.07 Å². The first-order valence-corrected chi connectivity index (χ1v) is 5.31. The van der Waals surface area contributed by atoms with Gasteiger partial charge in [0.2, 0.25) is 0 Å². The Morgan fingerprint density at radius 1 is 1.12 bits per heavy atom. The summed E-state index contributed by atoms with van der Waals surface area (Å²) in [4.78, 5) is 3.86. The average molecular weight is 214 g/mol. The Morgan fingerprint density at radius 2 is 2.06 bits per heavy atom. The molecule has 1 aliphatic heterocycles. The van der Waals surface area contributed by atoms with Gasteiger partial charge >= 0.3 is 0 Å². The fraction of sp³-hybridized carbons (Fsp3) is 0.154. The molecule has 3 heteroatoms. The van der Waals surface area contributed by atoms with Crippen LogP contribution >= 0.6 is 0 Å². The molecular formula is C13H11FN2. The van der Waals surface area contributed by atoms with Crippen molar-refractivity contribution in [1.82, 2.24) is 4.98 Å². The van der Waals surface area contributed by atoms with Crippen LogP contribution in [-0.4, -0.2) is 11.5 Å². The highest BCUT2D eigenvalue weighted by Crippen LogP contribution is 2.28. The molecule has 0 bridgehead atoms. The zero-order valence-electron chi connectivity index (χ0n) is 8.70. The Morgan fingerprint density at radius 3 is 2.94 bits per heavy atom. The molecule has 2 aromatic rings. The number of anilines is 1. The molecule has 1 aliphatic rings. The number of hydrogen-bond acceptors (Lipinski definition) is 2. The Labute approximate surface area is 93.1 Å². The smallest absolute Gasteiger partial charge is 0.142 e. The fourth-order valence-electron chi connectivity index (χ4n) is 2.05. The van der Waals surface area contributed by atoms with Crippen molar-refractivity contribution in [1.29, 1.82) is 0 Å². The largest absolute Gasteiger partial charge is 0.384 e. The molecule has 16 heavy (non-hydrogen) atoms. The summed E-state index contributed by atoms with van der Waals surface area (Å²) < 4.78 is 13.1. The lowest BCUT2D eigenvalue weighted by atomic mass is 10.0. The van der Waals surface area contributed by atoms with Gasteiger partial charge < -0.3 is 5.32 Å². The van der Waals surface area contributed by atoms with E-state index in [0.29, 0.717) is 0 Å². The van der Waals surface area contributed by atoms with Gasteiger partial charge in [0.15, 0.2) is 0 Å². The molecule has 0 fully saturated rings. The maximum absolute atomic E-state index is 13.1. The molecule has 0 amide bonds. The first-order chi connectivity index (χ1) is 7.83. The van der Waals surface area contributed by atoms with Crippen LogP contribution in [0, 0.1) is 5.82 Å². The van der Waals surface area contributed by atoms with Crippen molar-refractivity contribution < 1.29 is 4.39 Å². The molecule has 0 saturated carbocycles. The molecule has 3 rings (SSSR count). The van der Waals surface area contributed by atoms with Crippen molar-refractivity contribution in [3.8, 4) is 11.1 Å². The first-order valence-electron chi connectivity index (χ1n) is 5.31. The van der Waals surface area contributed by atoms with Gasteiger partial charge in [-0.3, -0.25) is 4.98 Å². The highest BCUT2D eigenvalue weighted by molar-refractivity contribution is 5.69. The molecule has 0 atom stereocenters. The van der Waals surface area contributed by atoms with Gasteiger partial charge in [0, 0.05) is 24.0 Å². The summed E-state index contributed by atoms with van der Waals surface area (Å²) in [7, 11) is 0. The van der Waals surface area contributed by atoms with Crippen molar-refractivity contribution in [3.63, 3.8) is 0 Å². The monoisotopic (exact) mass is 214 g/mol. The maximum atomic E-state index is 13.1. The van der Waals surface area contributed by atoms with Crippen molar-refractivity contribution in [2.75, 3.05) is 11.9 Å². The fourth-order valence-corrected chi connectivity index (χ4v) is 2.05. The van der Waals surface area contributed by atoms with E-state index in [-0.39, 0.29) is 5.82 Å². The van der Waals surface area contributed by atoms with E-state index in [2.05, 4.69) is 16.4 Å². The Kier molecular flexibility index (Phi) is 2.10. The second-order valence-corrected chi connectivity index (χ2v) is 3.94. The topological polar surface area (TPSA) is 24.9 Å². The number of pyridine rings is 1. The standard InChI is InChI=1S/C13H11FN2/c14-12-6-11(7-15-8-12)9-1-2-13-10(5-9)3-4-16-13/h1-2,5-8,16H,3-4H2. The minimum Gasteiger partial charge on any atom is -0.384 e. The molecule has 2 nitrogen and oxygen atoms in total. The maximum Gasteiger partial charge on any atom is 0.142 e. The van der Waals surface area contributed by atoms with Crippen molar-refractivity contribution in [3.05, 3.63) is 48.0 Å². The number of hydrogen-bond donors (Lipinski definition) is 1. The number of halogens is 1. The number of nitrogens with zero attached hydrogens (tertiary/aromatic N) is 1. The van der Waals surface area contributed by atoms with Crippen LogP contribution in [0.2, 0.25) is 0 Å². The summed E-state index contributed by atoms with van der Waals surface area (Å²) in [5.74, 6) is -0.295. The van der Waals surface area contributed by atoms with Crippen LogP contribution in [0.4, 0.5) is 10.1 Å². The zero-order valence-corrected chi connectivity index (χ0v) is 8.70. The Hall–Kier alpha value is -1.90. The quantitative estimate of drug-likeness (QED) is 0.789. The van der Waals surface area contributed by atoms with Crippen LogP contribution < -0.4 is 5.32 Å². The molecule has 0 saturated heterocycles. The second-order valence-electron chi connectivity index (χ2n) is 3.94. The van der Waals surface area contributed by atoms with E-state index in [1.165, 1.54) is 23.5 Å². The van der Waals surface area contributed by atoms with Crippen LogP contribution in [0.3, 0.4) is 0 Å². The Bertz CT molecular complexity index is 537. The normalized spacial score (nSPS) is 13.3. The number of fused-ring (bicyclic) bond motifs is 1. The van der Waals surface area contributed by atoms with Gasteiger partial charge in [0.1, 0.15) is 5.82 Å². The molecule has 0 spiro atoms. The van der Waals surface area contributed by atoms with Crippen LogP contribution in [0.5, 0.6) is 0 Å². The van der Waals surface area contributed by atoms with Crippen LogP contribution in [0.15, 0.2) is 36.7 Å². The molecule has 0 radical (unpaired) electrons. The van der Waals surface area contributed by atoms with E-state index in [1.807, 2.05) is 12.1 Å². The van der Waals surface area contributed by atoms with Crippen LogP contribution in [-0.2, 0) is 6.42 Å². The third kappa shape index (κ3) is 1.54. The molecular weight excluding hydrogens is 203 g/mol. The molecule has 80 valence electrons. The van der Waals surface area contributed by atoms with Crippen molar-refractivity contribution in [2.45, 2.75) is 6.42 Å². The SMILES string of the molecule is Fc1cncc(-c2ccc3c(c2)CCN3)c1. The predicted molar refractivity (Wildman–Crippen MR) is 61.8 cm³/mol. The summed E-state index contributed by atoms with van der Waals surface area (Å²) in [6, 6.07) is 7.65. The summed E-state index contributed by atoms with van der Waals surface area (Å²) in [5.41, 5.74) is 4.33. The zero-order chi connectivity index (χ0) is 11.0. The molecule has 0 unspecified atom stereocenters. The van der Waals surface area contributed by atoms with Crippen molar-refractivity contribution in [2.24, 2.45) is 0 Å². The van der Waals surface area contributed by atoms with Gasteiger partial charge in [0.25, 0.3) is 0 Å². The molecule has 2 heterocycles. The molecule has 1 aromatic carbocycles. The highest BCUT2D eigenvalue weighted by Gasteiger charge is 2.10. The second kappa shape index (κ2) is 3.59. The summed E-state index contributed by atoms with van der Waals surface area (Å²) in [6.45, 7) is 0.986. The minimum absolute atomic E-state index is 0.295. The number of benzene rings is 1. The van der Waals surface area contributed by atoms with E-state index in [0.717, 1.165) is 24.1 Å². The van der Waals surface area contributed by atoms with E-state index in [9.17, 15) is 4.39 Å². The van der Waals surface area contributed by atoms with Crippen molar-refractivity contribution >= 4 is 5.69 Å². The van der Waals surface area contributed by atoms with E-state index in [4.69, 9.17) is 0 Å². The van der Waals surface area contributed by atoms with Gasteiger partial charge in [-0.05, 0) is 35.7 Å². The number of rotatable bonds is 1. The lowest BCUT2D eigenvalue weighted by Crippen LogP contribution is -1.90. The summed E-state index contributed by atoms with van der Waals surface area (Å²) in [5, 5.41) is 3.30. The molecule has 0 aliphatic carbocycles.